The zero-order valence-electron chi connectivity index (χ0n) is 27.4. The lowest BCUT2D eigenvalue weighted by Gasteiger charge is -2.27. The second kappa shape index (κ2) is 17.3. The van der Waals surface area contributed by atoms with Gasteiger partial charge in [-0.3, -0.25) is 19.6 Å². The second-order valence-electron chi connectivity index (χ2n) is 12.5. The molecule has 4 aromatic carbocycles. The summed E-state index contributed by atoms with van der Waals surface area (Å²) in [6.07, 6.45) is 3.75. The molecule has 0 saturated heterocycles. The molecule has 0 saturated carbocycles. The van der Waals surface area contributed by atoms with Gasteiger partial charge < -0.3 is 14.8 Å². The van der Waals surface area contributed by atoms with Crippen molar-refractivity contribution < 1.29 is 29.1 Å². The van der Waals surface area contributed by atoms with Crippen molar-refractivity contribution in [1.29, 1.82) is 0 Å². The van der Waals surface area contributed by atoms with E-state index in [1.54, 1.807) is 29.7 Å². The predicted molar refractivity (Wildman–Crippen MR) is 184 cm³/mol. The number of hydrogen-bond donors (Lipinski definition) is 3. The Morgan fingerprint density at radius 3 is 2.33 bits per heavy atom. The van der Waals surface area contributed by atoms with Crippen molar-refractivity contribution in [2.45, 2.75) is 64.5 Å². The lowest BCUT2D eigenvalue weighted by atomic mass is 9.82. The maximum Gasteiger partial charge on any atom is 0.247 e. The average Bonchev–Trinajstić information content (AvgIpc) is 3.12. The van der Waals surface area contributed by atoms with E-state index in [1.165, 1.54) is 5.56 Å². The van der Waals surface area contributed by atoms with Gasteiger partial charge in [0.25, 0.3) is 0 Å². The van der Waals surface area contributed by atoms with Gasteiger partial charge in [-0.15, -0.1) is 0 Å². The molecule has 0 aliphatic carbocycles. The summed E-state index contributed by atoms with van der Waals surface area (Å²) in [6.45, 7) is 2.90. The Hall–Kier alpha value is -4.95. The average molecular weight is 649 g/mol. The van der Waals surface area contributed by atoms with Crippen LogP contribution in [0, 0.1) is 18.8 Å². The quantitative estimate of drug-likeness (QED) is 0.0990. The molecule has 48 heavy (non-hydrogen) atoms. The van der Waals surface area contributed by atoms with E-state index in [2.05, 4.69) is 29.6 Å². The van der Waals surface area contributed by atoms with Crippen LogP contribution in [0.3, 0.4) is 0 Å². The molecule has 2 bridgehead atoms. The number of rotatable bonds is 10. The number of carbonyl (C=O) groups is 3. The third-order valence-electron chi connectivity index (χ3n) is 8.93. The Morgan fingerprint density at radius 1 is 0.896 bits per heavy atom. The topological polar surface area (TPSA) is 114 Å². The fourth-order valence-electron chi connectivity index (χ4n) is 6.15. The van der Waals surface area contributed by atoms with E-state index in [0.717, 1.165) is 23.1 Å². The first-order valence-corrected chi connectivity index (χ1v) is 16.7. The first-order valence-electron chi connectivity index (χ1n) is 16.7. The second-order valence-corrected chi connectivity index (χ2v) is 12.5. The van der Waals surface area contributed by atoms with Crippen molar-refractivity contribution in [3.05, 3.63) is 131 Å². The highest BCUT2D eigenvalue weighted by molar-refractivity contribution is 6.02. The van der Waals surface area contributed by atoms with E-state index < -0.39 is 23.8 Å². The van der Waals surface area contributed by atoms with Gasteiger partial charge in [0.05, 0.1) is 18.6 Å². The maximum atomic E-state index is 14.2. The standard InChI is InChI=1S/C40H44N2O6/c1-28-13-15-29(16-14-28)10-7-12-35-36(40(45)42-46)11-5-6-25-47-33-21-17-30(18-22-33)26-37(41-39(35)44)38(43)32-19-23-34(24-20-32)48-27-31-8-3-2-4-9-31/h2-4,8-9,13-24,35-37,46H,5-7,10-12,25-27H2,1H3,(H,41,44)(H,42,45)/t35-,36+,37+/m1/s1. The molecule has 2 aliphatic heterocycles. The first kappa shape index (κ1) is 34.4. The maximum absolute atomic E-state index is 14.2. The van der Waals surface area contributed by atoms with Gasteiger partial charge in [0, 0.05) is 17.9 Å². The summed E-state index contributed by atoms with van der Waals surface area (Å²) >= 11 is 0. The third kappa shape index (κ3) is 9.78. The van der Waals surface area contributed by atoms with Crippen molar-refractivity contribution in [2.24, 2.45) is 11.8 Å². The molecule has 2 aliphatic rings. The predicted octanol–water partition coefficient (Wildman–Crippen LogP) is 6.81. The van der Waals surface area contributed by atoms with Gasteiger partial charge in [0.2, 0.25) is 11.8 Å². The van der Waals surface area contributed by atoms with Gasteiger partial charge in [-0.25, -0.2) is 5.48 Å². The number of ketones is 1. The highest BCUT2D eigenvalue weighted by atomic mass is 16.5. The lowest BCUT2D eigenvalue weighted by Crippen LogP contribution is -2.48. The van der Waals surface area contributed by atoms with E-state index >= 15 is 0 Å². The fraction of sp³-hybridized carbons (Fsp3) is 0.325. The number of nitrogens with one attached hydrogen (secondary N) is 2. The number of aryl methyl sites for hydroxylation is 2. The molecule has 2 amide bonds. The van der Waals surface area contributed by atoms with Crippen molar-refractivity contribution in [1.82, 2.24) is 10.8 Å². The van der Waals surface area contributed by atoms with Crippen LogP contribution in [0.15, 0.2) is 103 Å². The zero-order valence-corrected chi connectivity index (χ0v) is 27.4. The Balaban J connectivity index is 1.38. The summed E-state index contributed by atoms with van der Waals surface area (Å²) in [7, 11) is 0. The normalized spacial score (nSPS) is 18.5. The van der Waals surface area contributed by atoms with Crippen molar-refractivity contribution in [3.63, 3.8) is 0 Å². The SMILES string of the molecule is Cc1ccc(CCC[C@H]2C(=O)N[C@H](C(=O)c3ccc(OCc4ccccc4)cc3)Cc3ccc(cc3)OCCCC[C@@H]2C(=O)NO)cc1. The molecule has 4 aromatic rings. The van der Waals surface area contributed by atoms with Crippen LogP contribution in [-0.2, 0) is 29.0 Å². The molecule has 2 heterocycles. The summed E-state index contributed by atoms with van der Waals surface area (Å²) in [5, 5.41) is 12.7. The number of hydroxylamine groups is 1. The van der Waals surface area contributed by atoms with Crippen LogP contribution >= 0.6 is 0 Å². The van der Waals surface area contributed by atoms with E-state index in [4.69, 9.17) is 9.47 Å². The van der Waals surface area contributed by atoms with E-state index in [0.29, 0.717) is 62.4 Å². The first-order chi connectivity index (χ1) is 23.4. The molecule has 3 atom stereocenters. The Kier molecular flexibility index (Phi) is 12.4. The molecule has 3 N–H and O–H groups in total. The van der Waals surface area contributed by atoms with Crippen molar-refractivity contribution in [2.75, 3.05) is 6.61 Å². The fourth-order valence-corrected chi connectivity index (χ4v) is 6.15. The number of fused-ring (bicyclic) bond motifs is 12. The minimum Gasteiger partial charge on any atom is -0.494 e. The number of Topliss-reactive ketones (excluding diaryl/α,β-unsaturated/α-hetero) is 1. The number of hydrogen-bond acceptors (Lipinski definition) is 6. The van der Waals surface area contributed by atoms with Crippen molar-refractivity contribution in [3.8, 4) is 11.5 Å². The number of amides is 2. The van der Waals surface area contributed by atoms with Crippen LogP contribution < -0.4 is 20.3 Å². The highest BCUT2D eigenvalue weighted by Gasteiger charge is 2.35. The molecule has 8 nitrogen and oxygen atoms in total. The number of carbonyl (C=O) groups excluding carboxylic acids is 3. The molecule has 6 rings (SSSR count). The summed E-state index contributed by atoms with van der Waals surface area (Å²) in [5.74, 6) is -1.41. The van der Waals surface area contributed by atoms with Crippen molar-refractivity contribution >= 4 is 17.6 Å². The number of ether oxygens (including phenoxy) is 2. The third-order valence-corrected chi connectivity index (χ3v) is 8.93. The number of benzene rings is 4. The zero-order chi connectivity index (χ0) is 33.7. The van der Waals surface area contributed by atoms with Gasteiger partial charge in [-0.1, -0.05) is 72.3 Å². The van der Waals surface area contributed by atoms with Gasteiger partial charge in [0.1, 0.15) is 18.1 Å². The van der Waals surface area contributed by atoms with E-state index in [1.807, 2.05) is 61.5 Å². The summed E-state index contributed by atoms with van der Waals surface area (Å²) in [5.41, 5.74) is 6.44. The minimum absolute atomic E-state index is 0.246. The smallest absolute Gasteiger partial charge is 0.247 e. The Morgan fingerprint density at radius 2 is 1.62 bits per heavy atom. The summed E-state index contributed by atoms with van der Waals surface area (Å²) in [6, 6.07) is 31.7. The molecule has 0 radical (unpaired) electrons. The monoisotopic (exact) mass is 648 g/mol. The molecule has 0 spiro atoms. The Labute approximate surface area is 282 Å². The van der Waals surface area contributed by atoms with Crippen LogP contribution in [0.2, 0.25) is 0 Å². The minimum atomic E-state index is -0.886. The largest absolute Gasteiger partial charge is 0.494 e. The van der Waals surface area contributed by atoms with E-state index in [-0.39, 0.29) is 18.1 Å². The van der Waals surface area contributed by atoms with Crippen LogP contribution in [0.4, 0.5) is 0 Å². The Bertz CT molecular complexity index is 1620. The van der Waals surface area contributed by atoms with Crippen LogP contribution in [0.5, 0.6) is 11.5 Å². The van der Waals surface area contributed by atoms with E-state index in [9.17, 15) is 19.6 Å². The van der Waals surface area contributed by atoms with Crippen LogP contribution in [-0.4, -0.2) is 35.5 Å². The molecular formula is C40H44N2O6. The molecular weight excluding hydrogens is 604 g/mol. The summed E-state index contributed by atoms with van der Waals surface area (Å²) in [4.78, 5) is 41.3. The molecule has 8 heteroatoms. The van der Waals surface area contributed by atoms with Crippen LogP contribution in [0.25, 0.3) is 0 Å². The summed E-state index contributed by atoms with van der Waals surface area (Å²) < 4.78 is 11.8. The molecule has 250 valence electrons. The van der Waals surface area contributed by atoms with Gasteiger partial charge in [-0.2, -0.15) is 0 Å². The highest BCUT2D eigenvalue weighted by Crippen LogP contribution is 2.27. The van der Waals surface area contributed by atoms with Gasteiger partial charge >= 0.3 is 0 Å². The molecule has 0 aromatic heterocycles. The molecule has 0 unspecified atom stereocenters. The lowest BCUT2D eigenvalue weighted by molar-refractivity contribution is -0.141. The van der Waals surface area contributed by atoms with Gasteiger partial charge in [0.15, 0.2) is 5.78 Å². The van der Waals surface area contributed by atoms with Crippen LogP contribution in [0.1, 0.15) is 64.7 Å². The van der Waals surface area contributed by atoms with Gasteiger partial charge in [-0.05, 0) is 98.5 Å². The molecule has 0 fully saturated rings.